The maximum atomic E-state index is 11.2. The minimum atomic E-state index is 0.0198. The third-order valence-corrected chi connectivity index (χ3v) is 2.95. The highest BCUT2D eigenvalue weighted by Crippen LogP contribution is 2.26. The maximum Gasteiger partial charge on any atom is 0.250 e. The fraction of sp³-hybridized carbons (Fsp3) is 0.583. The molecular formula is C12H18N2O2. The van der Waals surface area contributed by atoms with Gasteiger partial charge in [0.1, 0.15) is 0 Å². The van der Waals surface area contributed by atoms with E-state index in [1.807, 2.05) is 19.2 Å². The maximum absolute atomic E-state index is 11.2. The van der Waals surface area contributed by atoms with Gasteiger partial charge in [0.15, 0.2) is 0 Å². The Morgan fingerprint density at radius 1 is 1.50 bits per heavy atom. The van der Waals surface area contributed by atoms with Crippen LogP contribution in [0.2, 0.25) is 0 Å². The number of aryl methyl sites for hydroxylation is 1. The molecular weight excluding hydrogens is 204 g/mol. The number of rotatable bonds is 4. The zero-order valence-corrected chi connectivity index (χ0v) is 9.77. The van der Waals surface area contributed by atoms with E-state index in [2.05, 4.69) is 5.32 Å². The highest BCUT2D eigenvalue weighted by Gasteiger charge is 2.29. The van der Waals surface area contributed by atoms with E-state index in [0.29, 0.717) is 12.1 Å². The van der Waals surface area contributed by atoms with Crippen LogP contribution in [0.3, 0.4) is 0 Å². The number of aromatic nitrogens is 1. The summed E-state index contributed by atoms with van der Waals surface area (Å²) in [5.74, 6) is 0. The molecule has 0 saturated heterocycles. The molecule has 1 aromatic heterocycles. The predicted octanol–water partition coefficient (Wildman–Crippen LogP) is 1.36. The minimum absolute atomic E-state index is 0.0198. The van der Waals surface area contributed by atoms with Crippen molar-refractivity contribution >= 4 is 5.69 Å². The van der Waals surface area contributed by atoms with Gasteiger partial charge in [-0.15, -0.1) is 0 Å². The normalized spacial score (nSPS) is 23.9. The Morgan fingerprint density at radius 2 is 2.25 bits per heavy atom. The van der Waals surface area contributed by atoms with Crippen LogP contribution < -0.4 is 10.9 Å². The predicted molar refractivity (Wildman–Crippen MR) is 63.7 cm³/mol. The minimum Gasteiger partial charge on any atom is -0.381 e. The lowest BCUT2D eigenvalue weighted by atomic mass is 9.89. The van der Waals surface area contributed by atoms with Crippen molar-refractivity contribution < 1.29 is 4.74 Å². The van der Waals surface area contributed by atoms with E-state index in [9.17, 15) is 4.79 Å². The summed E-state index contributed by atoms with van der Waals surface area (Å²) in [5.41, 5.74) is 1.02. The summed E-state index contributed by atoms with van der Waals surface area (Å²) in [4.78, 5) is 11.2. The first-order chi connectivity index (χ1) is 7.69. The molecule has 0 aliphatic heterocycles. The van der Waals surface area contributed by atoms with Crippen molar-refractivity contribution in [3.8, 4) is 0 Å². The Labute approximate surface area is 95.2 Å². The van der Waals surface area contributed by atoms with Gasteiger partial charge in [0.25, 0.3) is 0 Å². The fourth-order valence-electron chi connectivity index (χ4n) is 1.97. The molecule has 4 heteroatoms. The number of anilines is 1. The molecule has 1 heterocycles. The van der Waals surface area contributed by atoms with Crippen LogP contribution >= 0.6 is 0 Å². The standard InChI is InChI=1S/C12H18N2O2/c1-3-16-11-6-10(7-11)13-9-4-5-12(15)14(2)8-9/h4-5,8,10-11,13H,3,6-7H2,1-2H3. The number of pyridine rings is 1. The van der Waals surface area contributed by atoms with Crippen LogP contribution in [0.4, 0.5) is 5.69 Å². The molecule has 1 fully saturated rings. The summed E-state index contributed by atoms with van der Waals surface area (Å²) in [6.07, 6.45) is 4.35. The Kier molecular flexibility index (Phi) is 3.29. The number of nitrogens with zero attached hydrogens (tertiary/aromatic N) is 1. The van der Waals surface area contributed by atoms with Gasteiger partial charge in [0.05, 0.1) is 11.8 Å². The van der Waals surface area contributed by atoms with Crippen LogP contribution in [0.1, 0.15) is 19.8 Å². The average Bonchev–Trinajstić information content (AvgIpc) is 2.20. The third kappa shape index (κ3) is 2.44. The molecule has 0 bridgehead atoms. The molecule has 1 aliphatic rings. The van der Waals surface area contributed by atoms with Gasteiger partial charge >= 0.3 is 0 Å². The number of nitrogens with one attached hydrogen (secondary N) is 1. The van der Waals surface area contributed by atoms with E-state index in [1.54, 1.807) is 17.7 Å². The van der Waals surface area contributed by atoms with Gasteiger partial charge in [0, 0.05) is 32.0 Å². The molecule has 4 nitrogen and oxygen atoms in total. The van der Waals surface area contributed by atoms with Gasteiger partial charge in [-0.1, -0.05) is 0 Å². The molecule has 0 amide bonds. The van der Waals surface area contributed by atoms with Crippen molar-refractivity contribution in [1.29, 1.82) is 0 Å². The molecule has 2 rings (SSSR count). The largest absolute Gasteiger partial charge is 0.381 e. The smallest absolute Gasteiger partial charge is 0.250 e. The second-order valence-corrected chi connectivity index (χ2v) is 4.26. The summed E-state index contributed by atoms with van der Waals surface area (Å²) in [7, 11) is 1.76. The van der Waals surface area contributed by atoms with E-state index in [-0.39, 0.29) is 5.56 Å². The fourth-order valence-corrected chi connectivity index (χ4v) is 1.97. The first kappa shape index (κ1) is 11.2. The molecule has 1 N–H and O–H groups in total. The quantitative estimate of drug-likeness (QED) is 0.836. The molecule has 88 valence electrons. The lowest BCUT2D eigenvalue weighted by Gasteiger charge is -2.36. The van der Waals surface area contributed by atoms with E-state index in [1.165, 1.54) is 0 Å². The van der Waals surface area contributed by atoms with Gasteiger partial charge in [-0.05, 0) is 25.8 Å². The second-order valence-electron chi connectivity index (χ2n) is 4.26. The zero-order valence-electron chi connectivity index (χ0n) is 9.77. The van der Waals surface area contributed by atoms with Crippen LogP contribution in [0.15, 0.2) is 23.1 Å². The third-order valence-electron chi connectivity index (χ3n) is 2.95. The molecule has 0 aromatic carbocycles. The lowest BCUT2D eigenvalue weighted by Crippen LogP contribution is -2.41. The highest BCUT2D eigenvalue weighted by molar-refractivity contribution is 5.41. The monoisotopic (exact) mass is 222 g/mol. The van der Waals surface area contributed by atoms with Crippen molar-refractivity contribution in [3.05, 3.63) is 28.7 Å². The first-order valence-electron chi connectivity index (χ1n) is 5.74. The summed E-state index contributed by atoms with van der Waals surface area (Å²) >= 11 is 0. The highest BCUT2D eigenvalue weighted by atomic mass is 16.5. The van der Waals surface area contributed by atoms with Gasteiger partial charge in [0.2, 0.25) is 5.56 Å². The van der Waals surface area contributed by atoms with Gasteiger partial charge in [-0.25, -0.2) is 0 Å². The molecule has 0 unspecified atom stereocenters. The van der Waals surface area contributed by atoms with E-state index < -0.39 is 0 Å². The Morgan fingerprint density at radius 3 is 2.88 bits per heavy atom. The zero-order chi connectivity index (χ0) is 11.5. The number of ether oxygens (including phenoxy) is 1. The van der Waals surface area contributed by atoms with Crippen molar-refractivity contribution in [2.24, 2.45) is 7.05 Å². The Hall–Kier alpha value is -1.29. The van der Waals surface area contributed by atoms with E-state index in [0.717, 1.165) is 25.1 Å². The average molecular weight is 222 g/mol. The molecule has 0 atom stereocenters. The molecule has 1 saturated carbocycles. The van der Waals surface area contributed by atoms with Crippen LogP contribution in [-0.2, 0) is 11.8 Å². The number of hydrogen-bond acceptors (Lipinski definition) is 3. The Balaban J connectivity index is 1.87. The van der Waals surface area contributed by atoms with Crippen LogP contribution in [0.25, 0.3) is 0 Å². The van der Waals surface area contributed by atoms with Crippen LogP contribution in [0.5, 0.6) is 0 Å². The second kappa shape index (κ2) is 4.70. The molecule has 1 aromatic rings. The summed E-state index contributed by atoms with van der Waals surface area (Å²) in [6, 6.07) is 3.89. The molecule has 1 aliphatic carbocycles. The molecule has 16 heavy (non-hydrogen) atoms. The summed E-state index contributed by atoms with van der Waals surface area (Å²) in [6.45, 7) is 2.81. The van der Waals surface area contributed by atoms with E-state index in [4.69, 9.17) is 4.74 Å². The van der Waals surface area contributed by atoms with Crippen molar-refractivity contribution in [2.75, 3.05) is 11.9 Å². The molecule has 0 spiro atoms. The van der Waals surface area contributed by atoms with Gasteiger partial charge in [-0.3, -0.25) is 4.79 Å². The Bertz CT molecular complexity index is 408. The lowest BCUT2D eigenvalue weighted by molar-refractivity contribution is 0.00298. The number of hydrogen-bond donors (Lipinski definition) is 1. The SMILES string of the molecule is CCOC1CC(Nc2ccc(=O)n(C)c2)C1. The molecule has 0 radical (unpaired) electrons. The van der Waals surface area contributed by atoms with Crippen LogP contribution in [-0.4, -0.2) is 23.3 Å². The van der Waals surface area contributed by atoms with Crippen LogP contribution in [0, 0.1) is 0 Å². The summed E-state index contributed by atoms with van der Waals surface area (Å²) in [5, 5.41) is 3.40. The van der Waals surface area contributed by atoms with Gasteiger partial charge in [-0.2, -0.15) is 0 Å². The summed E-state index contributed by atoms with van der Waals surface area (Å²) < 4.78 is 7.08. The van der Waals surface area contributed by atoms with E-state index >= 15 is 0 Å². The van der Waals surface area contributed by atoms with Gasteiger partial charge < -0.3 is 14.6 Å². The van der Waals surface area contributed by atoms with Crippen molar-refractivity contribution in [3.63, 3.8) is 0 Å². The first-order valence-corrected chi connectivity index (χ1v) is 5.74. The van der Waals surface area contributed by atoms with Crippen molar-refractivity contribution in [2.45, 2.75) is 31.9 Å². The van der Waals surface area contributed by atoms with Crippen molar-refractivity contribution in [1.82, 2.24) is 4.57 Å². The topological polar surface area (TPSA) is 43.3 Å².